The largest absolute Gasteiger partial charge is 0.350 e. The first kappa shape index (κ1) is 17.7. The second-order valence-electron chi connectivity index (χ2n) is 7.31. The van der Waals surface area contributed by atoms with Crippen LogP contribution in [0.25, 0.3) is 0 Å². The van der Waals surface area contributed by atoms with Gasteiger partial charge in [0.2, 0.25) is 10.0 Å². The zero-order chi connectivity index (χ0) is 18.2. The lowest BCUT2D eigenvalue weighted by atomic mass is 9.92. The van der Waals surface area contributed by atoms with Gasteiger partial charge >= 0.3 is 0 Å². The van der Waals surface area contributed by atoms with Crippen LogP contribution in [0.3, 0.4) is 0 Å². The van der Waals surface area contributed by atoms with Gasteiger partial charge in [-0.3, -0.25) is 0 Å². The van der Waals surface area contributed by atoms with Crippen molar-refractivity contribution < 1.29 is 13.2 Å². The molecule has 0 bridgehead atoms. The highest BCUT2D eigenvalue weighted by Gasteiger charge is 2.57. The zero-order valence-electron chi connectivity index (χ0n) is 15.0. The van der Waals surface area contributed by atoms with Gasteiger partial charge in [0, 0.05) is 0 Å². The predicted octanol–water partition coefficient (Wildman–Crippen LogP) is 4.50. The fraction of sp³-hybridized carbons (Fsp3) is 0.429. The Hall–Kier alpha value is -1.69. The molecule has 1 aliphatic heterocycles. The first-order chi connectivity index (χ1) is 12.5. The second kappa shape index (κ2) is 6.80. The maximum absolute atomic E-state index is 13.5. The van der Waals surface area contributed by atoms with Crippen LogP contribution in [0.4, 0.5) is 0 Å². The number of rotatable bonds is 3. The molecule has 4 nitrogen and oxygen atoms in total. The van der Waals surface area contributed by atoms with Crippen molar-refractivity contribution in [3.05, 3.63) is 66.2 Å². The zero-order valence-corrected chi connectivity index (χ0v) is 15.9. The quantitative estimate of drug-likeness (QED) is 0.798. The van der Waals surface area contributed by atoms with Crippen molar-refractivity contribution in [2.45, 2.75) is 61.8 Å². The summed E-state index contributed by atoms with van der Waals surface area (Å²) in [5.74, 6) is 0. The lowest BCUT2D eigenvalue weighted by molar-refractivity contribution is -0.103. The van der Waals surface area contributed by atoms with Crippen molar-refractivity contribution in [2.24, 2.45) is 0 Å². The average molecular weight is 372 g/mol. The van der Waals surface area contributed by atoms with E-state index in [1.54, 1.807) is 28.6 Å². The molecule has 1 saturated heterocycles. The Balaban J connectivity index is 1.79. The fourth-order valence-electron chi connectivity index (χ4n) is 4.46. The minimum atomic E-state index is -3.63. The number of sulfonamides is 1. The summed E-state index contributed by atoms with van der Waals surface area (Å²) in [4.78, 5) is 0.342. The molecule has 1 spiro atoms. The molecule has 1 saturated carbocycles. The van der Waals surface area contributed by atoms with Crippen molar-refractivity contribution in [2.75, 3.05) is 0 Å². The summed E-state index contributed by atoms with van der Waals surface area (Å²) in [6, 6.07) is 18.5. The highest BCUT2D eigenvalue weighted by Crippen LogP contribution is 2.50. The number of benzene rings is 2. The average Bonchev–Trinajstić information content (AvgIpc) is 2.96. The third-order valence-corrected chi connectivity index (χ3v) is 7.67. The summed E-state index contributed by atoms with van der Waals surface area (Å²) in [7, 11) is -3.63. The molecule has 2 atom stereocenters. The van der Waals surface area contributed by atoms with Crippen molar-refractivity contribution in [3.8, 4) is 0 Å². The Bertz CT molecular complexity index is 845. The maximum atomic E-state index is 13.5. The van der Waals surface area contributed by atoms with Crippen LogP contribution in [0.1, 0.15) is 50.7 Å². The van der Waals surface area contributed by atoms with Gasteiger partial charge in [-0.15, -0.1) is 0 Å². The molecule has 0 aromatic heterocycles. The molecule has 5 heteroatoms. The molecule has 2 fully saturated rings. The van der Waals surface area contributed by atoms with Crippen LogP contribution in [0.5, 0.6) is 0 Å². The molecule has 0 amide bonds. The minimum absolute atomic E-state index is 0.243. The van der Waals surface area contributed by atoms with Gasteiger partial charge in [0.15, 0.2) is 0 Å². The third kappa shape index (κ3) is 2.88. The predicted molar refractivity (Wildman–Crippen MR) is 101 cm³/mol. The normalized spacial score (nSPS) is 26.2. The van der Waals surface area contributed by atoms with E-state index in [9.17, 15) is 8.42 Å². The van der Waals surface area contributed by atoms with Crippen LogP contribution in [-0.4, -0.2) is 24.5 Å². The van der Waals surface area contributed by atoms with E-state index in [1.807, 2.05) is 43.3 Å². The summed E-state index contributed by atoms with van der Waals surface area (Å²) in [5, 5.41) is 0. The van der Waals surface area contributed by atoms with Gasteiger partial charge < -0.3 is 4.74 Å². The van der Waals surface area contributed by atoms with Crippen molar-refractivity contribution in [1.29, 1.82) is 0 Å². The molecule has 2 aromatic rings. The van der Waals surface area contributed by atoms with Crippen LogP contribution in [-0.2, 0) is 14.8 Å². The summed E-state index contributed by atoms with van der Waals surface area (Å²) in [6.07, 6.45) is 4.39. The Morgan fingerprint density at radius 1 is 0.923 bits per heavy atom. The summed E-state index contributed by atoms with van der Waals surface area (Å²) in [6.45, 7) is 1.97. The van der Waals surface area contributed by atoms with Crippen LogP contribution in [0.2, 0.25) is 0 Å². The van der Waals surface area contributed by atoms with Gasteiger partial charge in [-0.1, -0.05) is 55.0 Å². The molecular formula is C21H25NO3S. The van der Waals surface area contributed by atoms with E-state index in [0.29, 0.717) is 4.90 Å². The van der Waals surface area contributed by atoms with Gasteiger partial charge in [0.05, 0.1) is 10.9 Å². The standard InChI is InChI=1S/C21H25NO3S/c1-17-20(18-11-5-2-6-12-18)25-21(15-9-4-10-16-21)22(17)26(23,24)19-13-7-3-8-14-19/h2-3,5-8,11-14,17,20H,4,9-10,15-16H2,1H3/t17-,20-/m1/s1. The van der Waals surface area contributed by atoms with Crippen LogP contribution >= 0.6 is 0 Å². The number of nitrogens with zero attached hydrogens (tertiary/aromatic N) is 1. The monoisotopic (exact) mass is 371 g/mol. The Morgan fingerprint density at radius 3 is 2.12 bits per heavy atom. The summed E-state index contributed by atoms with van der Waals surface area (Å²) in [5.41, 5.74) is 0.308. The Labute approximate surface area is 155 Å². The Kier molecular flexibility index (Phi) is 4.63. The van der Waals surface area contributed by atoms with Crippen LogP contribution in [0, 0.1) is 0 Å². The molecule has 138 valence electrons. The van der Waals surface area contributed by atoms with E-state index in [-0.39, 0.29) is 12.1 Å². The lowest BCUT2D eigenvalue weighted by Gasteiger charge is -2.40. The number of hydrogen-bond donors (Lipinski definition) is 0. The first-order valence-electron chi connectivity index (χ1n) is 9.37. The van der Waals surface area contributed by atoms with Gasteiger partial charge in [-0.25, -0.2) is 8.42 Å². The van der Waals surface area contributed by atoms with Gasteiger partial charge in [0.25, 0.3) is 0 Å². The lowest BCUT2D eigenvalue weighted by Crippen LogP contribution is -2.51. The third-order valence-electron chi connectivity index (χ3n) is 5.62. The molecule has 4 rings (SSSR count). The molecular weight excluding hydrogens is 346 g/mol. The highest BCUT2D eigenvalue weighted by molar-refractivity contribution is 7.89. The highest BCUT2D eigenvalue weighted by atomic mass is 32.2. The number of ether oxygens (including phenoxy) is 1. The molecule has 2 aromatic carbocycles. The molecule has 0 unspecified atom stereocenters. The van der Waals surface area contributed by atoms with E-state index in [2.05, 4.69) is 0 Å². The smallest absolute Gasteiger partial charge is 0.245 e. The minimum Gasteiger partial charge on any atom is -0.350 e. The van der Waals surface area contributed by atoms with Gasteiger partial charge in [-0.2, -0.15) is 4.31 Å². The van der Waals surface area contributed by atoms with Gasteiger partial charge in [0.1, 0.15) is 11.8 Å². The molecule has 2 aliphatic rings. The van der Waals surface area contributed by atoms with Gasteiger partial charge in [-0.05, 0) is 50.3 Å². The van der Waals surface area contributed by atoms with Crippen molar-refractivity contribution in [1.82, 2.24) is 4.31 Å². The summed E-state index contributed by atoms with van der Waals surface area (Å²) < 4.78 is 35.3. The van der Waals surface area contributed by atoms with Crippen molar-refractivity contribution in [3.63, 3.8) is 0 Å². The second-order valence-corrected chi connectivity index (χ2v) is 9.13. The SMILES string of the molecule is C[C@@H]1[C@H](c2ccccc2)OC2(CCCCC2)N1S(=O)(=O)c1ccccc1. The van der Waals surface area contributed by atoms with E-state index >= 15 is 0 Å². The molecule has 0 radical (unpaired) electrons. The van der Waals surface area contributed by atoms with E-state index in [0.717, 1.165) is 37.7 Å². The van der Waals surface area contributed by atoms with Crippen LogP contribution < -0.4 is 0 Å². The molecule has 0 N–H and O–H groups in total. The maximum Gasteiger partial charge on any atom is 0.245 e. The topological polar surface area (TPSA) is 46.6 Å². The Morgan fingerprint density at radius 2 is 1.50 bits per heavy atom. The fourth-order valence-corrected chi connectivity index (χ4v) is 6.40. The summed E-state index contributed by atoms with van der Waals surface area (Å²) >= 11 is 0. The van der Waals surface area contributed by atoms with Crippen molar-refractivity contribution >= 4 is 10.0 Å². The molecule has 1 heterocycles. The van der Waals surface area contributed by atoms with E-state index in [4.69, 9.17) is 4.74 Å². The number of hydrogen-bond acceptors (Lipinski definition) is 3. The van der Waals surface area contributed by atoms with E-state index in [1.165, 1.54) is 0 Å². The molecule has 1 aliphatic carbocycles. The molecule has 26 heavy (non-hydrogen) atoms. The van der Waals surface area contributed by atoms with E-state index < -0.39 is 15.7 Å². The first-order valence-corrected chi connectivity index (χ1v) is 10.8. The van der Waals surface area contributed by atoms with Crippen LogP contribution in [0.15, 0.2) is 65.6 Å².